The molecule has 0 aliphatic rings. The Bertz CT molecular complexity index is 1000. The summed E-state index contributed by atoms with van der Waals surface area (Å²) in [6.07, 6.45) is 1.47. The van der Waals surface area contributed by atoms with Gasteiger partial charge in [-0.15, -0.1) is 0 Å². The second kappa shape index (κ2) is 6.85. The standard InChI is InChI=1S/C17H15ClFN3O2S/c1-12-17(11-22(20-12)10-13-5-3-2-4-6-13)25(23,24)21-14-7-8-16(19)15(18)9-14/h2-9,11,21H,10H2,1H3. The summed E-state index contributed by atoms with van der Waals surface area (Å²) >= 11 is 5.69. The smallest absolute Gasteiger partial charge is 0.265 e. The molecule has 1 aromatic heterocycles. The van der Waals surface area contributed by atoms with Gasteiger partial charge in [-0.1, -0.05) is 41.9 Å². The fourth-order valence-electron chi connectivity index (χ4n) is 2.38. The van der Waals surface area contributed by atoms with E-state index in [4.69, 9.17) is 11.6 Å². The monoisotopic (exact) mass is 379 g/mol. The third kappa shape index (κ3) is 4.00. The molecule has 0 aliphatic heterocycles. The van der Waals surface area contributed by atoms with Crippen molar-refractivity contribution in [2.24, 2.45) is 0 Å². The zero-order valence-electron chi connectivity index (χ0n) is 13.3. The maximum Gasteiger partial charge on any atom is 0.265 e. The van der Waals surface area contributed by atoms with E-state index < -0.39 is 15.8 Å². The summed E-state index contributed by atoms with van der Waals surface area (Å²) in [5.74, 6) is -0.614. The van der Waals surface area contributed by atoms with Crippen LogP contribution in [0, 0.1) is 12.7 Å². The van der Waals surface area contributed by atoms with Crippen LogP contribution in [0.15, 0.2) is 59.6 Å². The van der Waals surface area contributed by atoms with Gasteiger partial charge in [-0.3, -0.25) is 9.40 Å². The molecule has 0 aliphatic carbocycles. The fourth-order valence-corrected chi connectivity index (χ4v) is 3.80. The van der Waals surface area contributed by atoms with Gasteiger partial charge in [0.05, 0.1) is 22.9 Å². The minimum Gasteiger partial charge on any atom is -0.279 e. The van der Waals surface area contributed by atoms with Crippen molar-refractivity contribution in [1.29, 1.82) is 0 Å². The van der Waals surface area contributed by atoms with Crippen LogP contribution >= 0.6 is 11.6 Å². The van der Waals surface area contributed by atoms with Gasteiger partial charge in [-0.05, 0) is 30.7 Å². The number of nitrogens with zero attached hydrogens (tertiary/aromatic N) is 2. The molecule has 130 valence electrons. The molecule has 1 N–H and O–H groups in total. The Morgan fingerprint density at radius 2 is 1.92 bits per heavy atom. The molecule has 25 heavy (non-hydrogen) atoms. The van der Waals surface area contributed by atoms with E-state index in [2.05, 4.69) is 9.82 Å². The molecule has 3 aromatic rings. The van der Waals surface area contributed by atoms with E-state index in [0.29, 0.717) is 12.2 Å². The second-order valence-electron chi connectivity index (χ2n) is 5.50. The molecule has 8 heteroatoms. The van der Waals surface area contributed by atoms with Crippen molar-refractivity contribution in [1.82, 2.24) is 9.78 Å². The van der Waals surface area contributed by atoms with Crippen molar-refractivity contribution in [3.8, 4) is 0 Å². The van der Waals surface area contributed by atoms with Crippen LogP contribution in [0.25, 0.3) is 0 Å². The summed E-state index contributed by atoms with van der Waals surface area (Å²) in [7, 11) is -3.86. The van der Waals surface area contributed by atoms with Gasteiger partial charge in [0.25, 0.3) is 10.0 Å². The molecule has 3 rings (SSSR count). The Hall–Kier alpha value is -2.38. The molecule has 0 bridgehead atoms. The summed E-state index contributed by atoms with van der Waals surface area (Å²) in [5.41, 5.74) is 1.56. The lowest BCUT2D eigenvalue weighted by Gasteiger charge is -2.07. The van der Waals surface area contributed by atoms with Crippen LogP contribution in [0.2, 0.25) is 5.02 Å². The lowest BCUT2D eigenvalue weighted by atomic mass is 10.2. The molecule has 0 saturated carbocycles. The predicted octanol–water partition coefficient (Wildman–Crippen LogP) is 3.83. The highest BCUT2D eigenvalue weighted by atomic mass is 35.5. The normalized spacial score (nSPS) is 11.5. The maximum absolute atomic E-state index is 13.2. The molecule has 0 radical (unpaired) electrons. The Morgan fingerprint density at radius 3 is 2.60 bits per heavy atom. The minimum absolute atomic E-state index is 0.0591. The zero-order chi connectivity index (χ0) is 18.0. The lowest BCUT2D eigenvalue weighted by molar-refractivity contribution is 0.600. The number of hydrogen-bond acceptors (Lipinski definition) is 3. The molecule has 1 heterocycles. The number of benzene rings is 2. The largest absolute Gasteiger partial charge is 0.279 e. The Labute approximate surface area is 150 Å². The van der Waals surface area contributed by atoms with Crippen LogP contribution in [-0.2, 0) is 16.6 Å². The van der Waals surface area contributed by atoms with Crippen LogP contribution in [0.1, 0.15) is 11.3 Å². The average molecular weight is 380 g/mol. The third-order valence-corrected chi connectivity index (χ3v) is 5.32. The number of anilines is 1. The van der Waals surface area contributed by atoms with Gasteiger partial charge in [0.15, 0.2) is 0 Å². The molecule has 0 saturated heterocycles. The highest BCUT2D eigenvalue weighted by molar-refractivity contribution is 7.92. The topological polar surface area (TPSA) is 64.0 Å². The molecule has 5 nitrogen and oxygen atoms in total. The van der Waals surface area contributed by atoms with Crippen molar-refractivity contribution >= 4 is 27.3 Å². The Balaban J connectivity index is 1.86. The SMILES string of the molecule is Cc1nn(Cc2ccccc2)cc1S(=O)(=O)Nc1ccc(F)c(Cl)c1. The van der Waals surface area contributed by atoms with Crippen LogP contribution < -0.4 is 4.72 Å². The van der Waals surface area contributed by atoms with E-state index >= 15 is 0 Å². The number of aromatic nitrogens is 2. The van der Waals surface area contributed by atoms with Crippen molar-refractivity contribution in [2.45, 2.75) is 18.4 Å². The van der Waals surface area contributed by atoms with Crippen molar-refractivity contribution in [2.75, 3.05) is 4.72 Å². The molecule has 0 spiro atoms. The van der Waals surface area contributed by atoms with Gasteiger partial charge in [0.1, 0.15) is 10.7 Å². The summed E-state index contributed by atoms with van der Waals surface area (Å²) in [6, 6.07) is 13.2. The number of sulfonamides is 1. The number of nitrogens with one attached hydrogen (secondary N) is 1. The van der Waals surface area contributed by atoms with Gasteiger partial charge in [-0.2, -0.15) is 5.10 Å². The molecule has 0 unspecified atom stereocenters. The molecule has 0 amide bonds. The summed E-state index contributed by atoms with van der Waals surface area (Å²) < 4.78 is 42.3. The number of aryl methyl sites for hydroxylation is 1. The molecule has 0 fully saturated rings. The summed E-state index contributed by atoms with van der Waals surface area (Å²) in [6.45, 7) is 2.08. The van der Waals surface area contributed by atoms with Gasteiger partial charge in [0.2, 0.25) is 0 Å². The molecular formula is C17H15ClFN3O2S. The average Bonchev–Trinajstić information content (AvgIpc) is 2.93. The predicted molar refractivity (Wildman–Crippen MR) is 94.7 cm³/mol. The van der Waals surface area contributed by atoms with Crippen molar-refractivity contribution in [3.63, 3.8) is 0 Å². The van der Waals surface area contributed by atoms with Crippen molar-refractivity contribution in [3.05, 3.63) is 76.8 Å². The first kappa shape index (κ1) is 17.4. The van der Waals surface area contributed by atoms with Crippen LogP contribution in [0.5, 0.6) is 0 Å². The van der Waals surface area contributed by atoms with Crippen LogP contribution in [0.4, 0.5) is 10.1 Å². The highest BCUT2D eigenvalue weighted by Crippen LogP contribution is 2.23. The molecule has 0 atom stereocenters. The Kier molecular flexibility index (Phi) is 4.78. The van der Waals surface area contributed by atoms with E-state index in [0.717, 1.165) is 11.6 Å². The highest BCUT2D eigenvalue weighted by Gasteiger charge is 2.21. The quantitative estimate of drug-likeness (QED) is 0.732. The van der Waals surface area contributed by atoms with E-state index in [1.807, 2.05) is 30.3 Å². The van der Waals surface area contributed by atoms with E-state index in [9.17, 15) is 12.8 Å². The maximum atomic E-state index is 13.2. The van der Waals surface area contributed by atoms with Gasteiger partial charge in [0, 0.05) is 6.20 Å². The summed E-state index contributed by atoms with van der Waals surface area (Å²) in [4.78, 5) is 0.0591. The van der Waals surface area contributed by atoms with Crippen molar-refractivity contribution < 1.29 is 12.8 Å². The van der Waals surface area contributed by atoms with E-state index in [1.54, 1.807) is 11.6 Å². The van der Waals surface area contributed by atoms with Crippen LogP contribution in [0.3, 0.4) is 0 Å². The second-order valence-corrected chi connectivity index (χ2v) is 7.55. The van der Waals surface area contributed by atoms with Crippen LogP contribution in [-0.4, -0.2) is 18.2 Å². The first-order valence-electron chi connectivity index (χ1n) is 7.41. The van der Waals surface area contributed by atoms with Gasteiger partial charge in [-0.25, -0.2) is 12.8 Å². The van der Waals surface area contributed by atoms with E-state index in [-0.39, 0.29) is 15.6 Å². The fraction of sp³-hybridized carbons (Fsp3) is 0.118. The van der Waals surface area contributed by atoms with Gasteiger partial charge < -0.3 is 0 Å². The first-order valence-corrected chi connectivity index (χ1v) is 9.27. The number of rotatable bonds is 5. The minimum atomic E-state index is -3.86. The number of halogens is 2. The zero-order valence-corrected chi connectivity index (χ0v) is 14.9. The Morgan fingerprint density at radius 1 is 1.20 bits per heavy atom. The number of hydrogen-bond donors (Lipinski definition) is 1. The lowest BCUT2D eigenvalue weighted by Crippen LogP contribution is -2.13. The molecule has 2 aromatic carbocycles. The summed E-state index contributed by atoms with van der Waals surface area (Å²) in [5, 5.41) is 4.10. The third-order valence-electron chi connectivity index (χ3n) is 3.55. The van der Waals surface area contributed by atoms with Gasteiger partial charge >= 0.3 is 0 Å². The molecular weight excluding hydrogens is 365 g/mol. The first-order chi connectivity index (χ1) is 11.8. The van der Waals surface area contributed by atoms with E-state index in [1.165, 1.54) is 18.3 Å².